The van der Waals surface area contributed by atoms with Gasteiger partial charge in [-0.3, -0.25) is 4.79 Å². The van der Waals surface area contributed by atoms with Gasteiger partial charge in [0.1, 0.15) is 11.6 Å². The summed E-state index contributed by atoms with van der Waals surface area (Å²) in [6.45, 7) is -0.185. The highest BCUT2D eigenvalue weighted by Crippen LogP contribution is 2.19. The lowest BCUT2D eigenvalue weighted by Crippen LogP contribution is -2.25. The summed E-state index contributed by atoms with van der Waals surface area (Å²) >= 11 is 11.8. The van der Waals surface area contributed by atoms with Crippen LogP contribution in [0.4, 0.5) is 0 Å². The second-order valence-corrected chi connectivity index (χ2v) is 6.61. The van der Waals surface area contributed by atoms with E-state index in [1.807, 2.05) is 0 Å². The minimum Gasteiger partial charge on any atom is -0.396 e. The number of hydrogen-bond donors (Lipinski definition) is 2. The summed E-state index contributed by atoms with van der Waals surface area (Å²) < 4.78 is 6.21. The van der Waals surface area contributed by atoms with Gasteiger partial charge in [0.15, 0.2) is 5.82 Å². The molecule has 0 amide bonds. The Labute approximate surface area is 164 Å². The molecule has 2 N–H and O–H groups in total. The lowest BCUT2D eigenvalue weighted by atomic mass is 10.1. The van der Waals surface area contributed by atoms with Crippen LogP contribution in [-0.2, 0) is 19.4 Å². The maximum atomic E-state index is 12.2. The number of hydrogen-bond acceptors (Lipinski definition) is 7. The number of benzene rings is 1. The molecule has 0 aliphatic carbocycles. The van der Waals surface area contributed by atoms with E-state index in [0.717, 1.165) is 4.68 Å². The van der Waals surface area contributed by atoms with Crippen LogP contribution in [0, 0.1) is 0 Å². The van der Waals surface area contributed by atoms with E-state index in [9.17, 15) is 9.90 Å². The van der Waals surface area contributed by atoms with Crippen LogP contribution < -0.4 is 5.56 Å². The average Bonchev–Trinajstić information content (AvgIpc) is 3.09. The molecule has 27 heavy (non-hydrogen) atoms. The van der Waals surface area contributed by atoms with E-state index >= 15 is 0 Å². The molecule has 0 saturated carbocycles. The zero-order valence-electron chi connectivity index (χ0n) is 14.0. The molecular weight excluding hydrogens is 395 g/mol. The third-order valence-corrected chi connectivity index (χ3v) is 4.52. The van der Waals surface area contributed by atoms with Gasteiger partial charge in [0.05, 0.1) is 12.3 Å². The third kappa shape index (κ3) is 4.72. The molecule has 3 rings (SSSR count). The van der Waals surface area contributed by atoms with Crippen LogP contribution in [0.25, 0.3) is 0 Å². The summed E-state index contributed by atoms with van der Waals surface area (Å²) in [5.41, 5.74) is 0.635. The Hall–Kier alpha value is -2.26. The SMILES string of the molecule is O=c1c(Cl)c(CCO)cnn1Cc1nc(C[C@H](O)c2ccc(Cl)cc2)no1. The van der Waals surface area contributed by atoms with Crippen molar-refractivity contribution in [2.24, 2.45) is 0 Å². The molecule has 0 unspecified atom stereocenters. The first-order valence-corrected chi connectivity index (χ1v) is 8.84. The molecule has 0 aliphatic rings. The van der Waals surface area contributed by atoms with E-state index in [1.54, 1.807) is 24.3 Å². The van der Waals surface area contributed by atoms with Crippen LogP contribution >= 0.6 is 23.2 Å². The fraction of sp³-hybridized carbons (Fsp3) is 0.294. The lowest BCUT2D eigenvalue weighted by Gasteiger charge is -2.08. The second kappa shape index (κ2) is 8.62. The van der Waals surface area contributed by atoms with Crippen LogP contribution in [0.15, 0.2) is 39.8 Å². The van der Waals surface area contributed by atoms with E-state index in [4.69, 9.17) is 32.8 Å². The Kier molecular flexibility index (Phi) is 6.22. The smallest absolute Gasteiger partial charge is 0.286 e. The number of nitrogens with zero attached hydrogens (tertiary/aromatic N) is 4. The maximum absolute atomic E-state index is 12.2. The van der Waals surface area contributed by atoms with Gasteiger partial charge in [0.2, 0.25) is 5.89 Å². The standard InChI is InChI=1S/C17H16Cl2N4O4/c18-12-3-1-10(2-4-12)13(25)7-14-21-15(27-22-14)9-23-17(26)16(19)11(5-6-24)8-20-23/h1-4,8,13,24-25H,5-7,9H2/t13-/m0/s1. The van der Waals surface area contributed by atoms with Crippen molar-refractivity contribution in [1.29, 1.82) is 0 Å². The monoisotopic (exact) mass is 410 g/mol. The van der Waals surface area contributed by atoms with Crippen molar-refractivity contribution in [3.8, 4) is 0 Å². The second-order valence-electron chi connectivity index (χ2n) is 5.80. The van der Waals surface area contributed by atoms with Crippen LogP contribution in [-0.4, -0.2) is 36.7 Å². The van der Waals surface area contributed by atoms with Gasteiger partial charge in [-0.05, 0) is 29.7 Å². The van der Waals surface area contributed by atoms with Crippen molar-refractivity contribution < 1.29 is 14.7 Å². The molecule has 0 fully saturated rings. The summed E-state index contributed by atoms with van der Waals surface area (Å²) in [5.74, 6) is 0.456. The largest absolute Gasteiger partial charge is 0.396 e. The van der Waals surface area contributed by atoms with Gasteiger partial charge >= 0.3 is 0 Å². The molecule has 0 saturated heterocycles. The molecule has 8 nitrogen and oxygen atoms in total. The molecule has 1 atom stereocenters. The van der Waals surface area contributed by atoms with Crippen molar-refractivity contribution in [3.63, 3.8) is 0 Å². The minimum atomic E-state index is -0.819. The normalized spacial score (nSPS) is 12.3. The summed E-state index contributed by atoms with van der Waals surface area (Å²) in [6, 6.07) is 6.80. The molecule has 0 radical (unpaired) electrons. The number of aromatic nitrogens is 4. The van der Waals surface area contributed by atoms with Crippen molar-refractivity contribution in [2.75, 3.05) is 6.61 Å². The van der Waals surface area contributed by atoms with Gasteiger partial charge in [-0.1, -0.05) is 40.5 Å². The van der Waals surface area contributed by atoms with E-state index in [2.05, 4.69) is 15.2 Å². The fourth-order valence-electron chi connectivity index (χ4n) is 2.45. The highest BCUT2D eigenvalue weighted by atomic mass is 35.5. The highest BCUT2D eigenvalue weighted by molar-refractivity contribution is 6.31. The topological polar surface area (TPSA) is 114 Å². The Balaban J connectivity index is 1.70. The summed E-state index contributed by atoms with van der Waals surface area (Å²) in [6.07, 6.45) is 0.987. The van der Waals surface area contributed by atoms with Crippen LogP contribution in [0.5, 0.6) is 0 Å². The fourth-order valence-corrected chi connectivity index (χ4v) is 2.81. The summed E-state index contributed by atoms with van der Waals surface area (Å²) in [4.78, 5) is 16.4. The zero-order chi connectivity index (χ0) is 19.4. The average molecular weight is 411 g/mol. The minimum absolute atomic E-state index is 0.00282. The molecule has 0 spiro atoms. The Morgan fingerprint density at radius 2 is 1.96 bits per heavy atom. The van der Waals surface area contributed by atoms with Gasteiger partial charge < -0.3 is 14.7 Å². The highest BCUT2D eigenvalue weighted by Gasteiger charge is 2.16. The van der Waals surface area contributed by atoms with E-state index in [-0.39, 0.29) is 36.9 Å². The Morgan fingerprint density at radius 1 is 1.22 bits per heavy atom. The van der Waals surface area contributed by atoms with Gasteiger partial charge in [0, 0.05) is 18.1 Å². The molecule has 2 heterocycles. The van der Waals surface area contributed by atoms with Gasteiger partial charge in [-0.15, -0.1) is 0 Å². The number of aliphatic hydroxyl groups excluding tert-OH is 2. The van der Waals surface area contributed by atoms with Crippen molar-refractivity contribution in [3.05, 3.63) is 73.7 Å². The van der Waals surface area contributed by atoms with E-state index in [0.29, 0.717) is 22.0 Å². The van der Waals surface area contributed by atoms with Gasteiger partial charge in [0.25, 0.3) is 5.56 Å². The Morgan fingerprint density at radius 3 is 2.67 bits per heavy atom. The van der Waals surface area contributed by atoms with Crippen molar-refractivity contribution in [1.82, 2.24) is 19.9 Å². The molecule has 0 aliphatic heterocycles. The quantitative estimate of drug-likeness (QED) is 0.609. The van der Waals surface area contributed by atoms with Crippen molar-refractivity contribution in [2.45, 2.75) is 25.5 Å². The molecule has 2 aromatic heterocycles. The number of rotatable bonds is 7. The first-order valence-electron chi connectivity index (χ1n) is 8.08. The number of halogens is 2. The van der Waals surface area contributed by atoms with Crippen LogP contribution in [0.1, 0.15) is 28.9 Å². The van der Waals surface area contributed by atoms with Gasteiger partial charge in [-0.25, -0.2) is 4.68 Å². The van der Waals surface area contributed by atoms with Gasteiger partial charge in [-0.2, -0.15) is 10.1 Å². The third-order valence-electron chi connectivity index (χ3n) is 3.86. The first kappa shape index (κ1) is 19.5. The van der Waals surface area contributed by atoms with E-state index in [1.165, 1.54) is 6.20 Å². The van der Waals surface area contributed by atoms with Crippen molar-refractivity contribution >= 4 is 23.2 Å². The van der Waals surface area contributed by atoms with Crippen LogP contribution in [0.2, 0.25) is 10.0 Å². The molecule has 1 aromatic carbocycles. The maximum Gasteiger partial charge on any atom is 0.286 e. The Bertz CT molecular complexity index is 972. The molecule has 142 valence electrons. The molecule has 0 bridgehead atoms. The molecule has 10 heteroatoms. The summed E-state index contributed by atoms with van der Waals surface area (Å²) in [7, 11) is 0. The first-order chi connectivity index (χ1) is 13.0. The molecular formula is C17H16Cl2N4O4. The predicted molar refractivity (Wildman–Crippen MR) is 97.8 cm³/mol. The summed E-state index contributed by atoms with van der Waals surface area (Å²) in [5, 5.41) is 27.6. The lowest BCUT2D eigenvalue weighted by molar-refractivity contribution is 0.174. The zero-order valence-corrected chi connectivity index (χ0v) is 15.6. The van der Waals surface area contributed by atoms with Crippen LogP contribution in [0.3, 0.4) is 0 Å². The predicted octanol–water partition coefficient (Wildman–Crippen LogP) is 1.79. The molecule has 3 aromatic rings. The number of aliphatic hydroxyl groups is 2. The van der Waals surface area contributed by atoms with E-state index < -0.39 is 11.7 Å².